The number of carbonyl (C=O) groups excluding carboxylic acids is 2. The maximum absolute atomic E-state index is 12.3. The summed E-state index contributed by atoms with van der Waals surface area (Å²) in [5.74, 6) is -0.193. The van der Waals surface area contributed by atoms with Gasteiger partial charge in [0.25, 0.3) is 11.1 Å². The highest BCUT2D eigenvalue weighted by Gasteiger charge is 2.37. The Morgan fingerprint density at radius 3 is 2.43 bits per heavy atom. The molecule has 4 nitrogen and oxygen atoms in total. The van der Waals surface area contributed by atoms with Crippen molar-refractivity contribution in [2.24, 2.45) is 0 Å². The van der Waals surface area contributed by atoms with Crippen molar-refractivity contribution in [1.82, 2.24) is 4.90 Å². The number of imide groups is 1. The summed E-state index contributed by atoms with van der Waals surface area (Å²) in [6.45, 7) is 3.86. The third-order valence-electron chi connectivity index (χ3n) is 3.80. The van der Waals surface area contributed by atoms with Gasteiger partial charge in [0.15, 0.2) is 0 Å². The van der Waals surface area contributed by atoms with Gasteiger partial charge < -0.3 is 4.90 Å². The molecule has 0 aromatic heterocycles. The molecule has 1 aliphatic rings. The molecule has 1 saturated heterocycles. The average Bonchev–Trinajstić information content (AvgIpc) is 2.81. The van der Waals surface area contributed by atoms with Crippen molar-refractivity contribution in [3.05, 3.63) is 46.9 Å². The number of hydrogen-bond acceptors (Lipinski definition) is 4. The van der Waals surface area contributed by atoms with E-state index in [0.29, 0.717) is 4.91 Å². The summed E-state index contributed by atoms with van der Waals surface area (Å²) in [5.41, 5.74) is 2.19. The normalized spacial score (nSPS) is 18.3. The molecule has 0 radical (unpaired) electrons. The van der Waals surface area contributed by atoms with Crippen LogP contribution in [0.3, 0.4) is 0 Å². The second-order valence-electron chi connectivity index (χ2n) is 5.68. The van der Waals surface area contributed by atoms with E-state index in [1.807, 2.05) is 69.3 Å². The van der Waals surface area contributed by atoms with Gasteiger partial charge in [0.2, 0.25) is 0 Å². The second kappa shape index (κ2) is 7.51. The minimum atomic E-state index is -0.193. The molecule has 1 fully saturated rings. The summed E-state index contributed by atoms with van der Waals surface area (Å²) in [4.78, 5) is 28.0. The SMILES string of the molecule is CC[C@H](C)N1C(=O)S/C(=C/C=C/c2ccc(N(C)C)cc2)C1=O. The van der Waals surface area contributed by atoms with Crippen LogP contribution in [0.15, 0.2) is 41.3 Å². The van der Waals surface area contributed by atoms with Crippen LogP contribution < -0.4 is 4.90 Å². The van der Waals surface area contributed by atoms with E-state index in [1.165, 1.54) is 4.90 Å². The molecule has 1 atom stereocenters. The summed E-state index contributed by atoms with van der Waals surface area (Å²) in [7, 11) is 4.00. The second-order valence-corrected chi connectivity index (χ2v) is 6.67. The highest BCUT2D eigenvalue weighted by molar-refractivity contribution is 8.18. The molecule has 2 amide bonds. The Kier molecular flexibility index (Phi) is 5.66. The molecule has 0 N–H and O–H groups in total. The number of rotatable bonds is 5. The molecule has 23 heavy (non-hydrogen) atoms. The third-order valence-corrected chi connectivity index (χ3v) is 4.70. The Balaban J connectivity index is 2.08. The van der Waals surface area contributed by atoms with Crippen LogP contribution in [0.25, 0.3) is 6.08 Å². The number of hydrogen-bond donors (Lipinski definition) is 0. The monoisotopic (exact) mass is 330 g/mol. The van der Waals surface area contributed by atoms with Crippen molar-refractivity contribution < 1.29 is 9.59 Å². The number of allylic oxidation sites excluding steroid dienone is 2. The van der Waals surface area contributed by atoms with Crippen LogP contribution in [0.2, 0.25) is 0 Å². The van der Waals surface area contributed by atoms with Crippen LogP contribution in [-0.2, 0) is 4.79 Å². The molecule has 0 bridgehead atoms. The van der Waals surface area contributed by atoms with Gasteiger partial charge in [-0.25, -0.2) is 0 Å². The maximum atomic E-state index is 12.3. The molecule has 2 rings (SSSR count). The summed E-state index contributed by atoms with van der Waals surface area (Å²) in [6, 6.07) is 8.05. The molecule has 5 heteroatoms. The minimum absolute atomic E-state index is 0.0593. The van der Waals surface area contributed by atoms with Crippen LogP contribution in [0, 0.1) is 0 Å². The van der Waals surface area contributed by atoms with E-state index in [-0.39, 0.29) is 17.2 Å². The van der Waals surface area contributed by atoms with Crippen LogP contribution in [0.1, 0.15) is 25.8 Å². The van der Waals surface area contributed by atoms with Gasteiger partial charge in [0.1, 0.15) is 0 Å². The fourth-order valence-corrected chi connectivity index (χ4v) is 3.07. The quantitative estimate of drug-likeness (QED) is 0.761. The van der Waals surface area contributed by atoms with Crippen molar-refractivity contribution in [2.75, 3.05) is 19.0 Å². The largest absolute Gasteiger partial charge is 0.378 e. The van der Waals surface area contributed by atoms with Gasteiger partial charge in [-0.1, -0.05) is 31.2 Å². The zero-order chi connectivity index (χ0) is 17.0. The molecule has 1 heterocycles. The van der Waals surface area contributed by atoms with Gasteiger partial charge in [-0.15, -0.1) is 0 Å². The molecule has 0 unspecified atom stereocenters. The number of thioether (sulfide) groups is 1. The number of anilines is 1. The highest BCUT2D eigenvalue weighted by atomic mass is 32.2. The zero-order valence-corrected chi connectivity index (χ0v) is 14.8. The van der Waals surface area contributed by atoms with E-state index < -0.39 is 0 Å². The van der Waals surface area contributed by atoms with E-state index >= 15 is 0 Å². The fourth-order valence-electron chi connectivity index (χ4n) is 2.19. The first-order valence-corrected chi connectivity index (χ1v) is 8.46. The van der Waals surface area contributed by atoms with Gasteiger partial charge in [-0.3, -0.25) is 14.5 Å². The number of benzene rings is 1. The van der Waals surface area contributed by atoms with Crippen LogP contribution in [0.5, 0.6) is 0 Å². The lowest BCUT2D eigenvalue weighted by molar-refractivity contribution is -0.124. The predicted molar refractivity (Wildman–Crippen MR) is 97.5 cm³/mol. The summed E-state index contributed by atoms with van der Waals surface area (Å²) in [6.07, 6.45) is 6.22. The van der Waals surface area contributed by atoms with Gasteiger partial charge >= 0.3 is 0 Å². The third kappa shape index (κ3) is 4.05. The van der Waals surface area contributed by atoms with Gasteiger partial charge in [-0.2, -0.15) is 0 Å². The van der Waals surface area contributed by atoms with Gasteiger partial charge in [0, 0.05) is 25.8 Å². The number of carbonyl (C=O) groups is 2. The lowest BCUT2D eigenvalue weighted by atomic mass is 10.2. The smallest absolute Gasteiger partial charge is 0.293 e. The van der Waals surface area contributed by atoms with Crippen molar-refractivity contribution in [3.8, 4) is 0 Å². The topological polar surface area (TPSA) is 40.6 Å². The van der Waals surface area contributed by atoms with Gasteiger partial charge in [0.05, 0.1) is 4.91 Å². The molecular weight excluding hydrogens is 308 g/mol. The lowest BCUT2D eigenvalue weighted by Crippen LogP contribution is -2.36. The van der Waals surface area contributed by atoms with E-state index in [0.717, 1.165) is 29.4 Å². The highest BCUT2D eigenvalue weighted by Crippen LogP contribution is 2.32. The Bertz CT molecular complexity index is 647. The number of nitrogens with zero attached hydrogens (tertiary/aromatic N) is 2. The van der Waals surface area contributed by atoms with Crippen molar-refractivity contribution in [3.63, 3.8) is 0 Å². The molecule has 1 aromatic carbocycles. The van der Waals surface area contributed by atoms with Gasteiger partial charge in [-0.05, 0) is 48.9 Å². The molecular formula is C18H22N2O2S. The molecule has 0 aliphatic carbocycles. The number of amides is 2. The first-order chi connectivity index (χ1) is 10.9. The zero-order valence-electron chi connectivity index (χ0n) is 13.9. The maximum Gasteiger partial charge on any atom is 0.293 e. The Hall–Kier alpha value is -2.01. The van der Waals surface area contributed by atoms with Crippen LogP contribution >= 0.6 is 11.8 Å². The molecule has 122 valence electrons. The van der Waals surface area contributed by atoms with E-state index in [9.17, 15) is 9.59 Å². The fraction of sp³-hybridized carbons (Fsp3) is 0.333. The van der Waals surface area contributed by atoms with E-state index in [2.05, 4.69) is 0 Å². The standard InChI is InChI=1S/C18H22N2O2S/c1-5-13(2)20-17(21)16(23-18(20)22)8-6-7-14-9-11-15(12-10-14)19(3)4/h6-13H,5H2,1-4H3/b7-6+,16-8+/t13-/m0/s1. The first-order valence-electron chi connectivity index (χ1n) is 7.65. The van der Waals surface area contributed by atoms with Crippen molar-refractivity contribution >= 4 is 34.7 Å². The predicted octanol–water partition coefficient (Wildman–Crippen LogP) is 4.14. The average molecular weight is 330 g/mol. The van der Waals surface area contributed by atoms with E-state index in [4.69, 9.17) is 0 Å². The lowest BCUT2D eigenvalue weighted by Gasteiger charge is -2.19. The summed E-state index contributed by atoms with van der Waals surface area (Å²) < 4.78 is 0. The van der Waals surface area contributed by atoms with Crippen LogP contribution in [-0.4, -0.2) is 36.2 Å². The molecule has 0 spiro atoms. The van der Waals surface area contributed by atoms with E-state index in [1.54, 1.807) is 6.08 Å². The molecule has 0 saturated carbocycles. The van der Waals surface area contributed by atoms with Crippen molar-refractivity contribution in [2.45, 2.75) is 26.3 Å². The first kappa shape index (κ1) is 17.3. The molecule has 1 aromatic rings. The molecule has 1 aliphatic heterocycles. The van der Waals surface area contributed by atoms with Crippen molar-refractivity contribution in [1.29, 1.82) is 0 Å². The summed E-state index contributed by atoms with van der Waals surface area (Å²) >= 11 is 1.01. The van der Waals surface area contributed by atoms with Crippen LogP contribution in [0.4, 0.5) is 10.5 Å². The Morgan fingerprint density at radius 2 is 1.87 bits per heavy atom. The minimum Gasteiger partial charge on any atom is -0.378 e. The summed E-state index contributed by atoms with van der Waals surface area (Å²) in [5, 5.41) is -0.181. The Labute approximate surface area is 141 Å². The Morgan fingerprint density at radius 1 is 1.22 bits per heavy atom.